The van der Waals surface area contributed by atoms with E-state index in [9.17, 15) is 14.9 Å². The number of nitrogens with one attached hydrogen (secondary N) is 3. The Hall–Kier alpha value is -2.45. The van der Waals surface area contributed by atoms with Gasteiger partial charge in [-0.05, 0) is 19.8 Å². The Bertz CT molecular complexity index is 517. The van der Waals surface area contributed by atoms with Crippen molar-refractivity contribution in [3.8, 4) is 0 Å². The first kappa shape index (κ1) is 14.0. The van der Waals surface area contributed by atoms with Crippen LogP contribution in [0.15, 0.2) is 6.20 Å². The Morgan fingerprint density at radius 2 is 2.25 bits per heavy atom. The number of rotatable bonds is 7. The largest absolute Gasteiger partial charge is 0.355 e. The Morgan fingerprint density at radius 3 is 2.85 bits per heavy atom. The number of hydrogen-bond acceptors (Lipinski definition) is 7. The van der Waals surface area contributed by atoms with Gasteiger partial charge in [-0.25, -0.2) is 4.98 Å². The number of nitrogens with zero attached hydrogens (tertiary/aromatic N) is 3. The third-order valence-corrected chi connectivity index (χ3v) is 2.66. The summed E-state index contributed by atoms with van der Waals surface area (Å²) in [5.74, 6) is 0.112. The Kier molecular flexibility index (Phi) is 4.28. The standard InChI is InChI=1S/C11H16N6O3/c1-2-12-11-14-5-8(17(19)20)10(16-11)13-6-9(18)15-7-3-4-7/h5,7H,2-4,6H2,1H3,(H,15,18)(H2,12,13,14,16). The first-order chi connectivity index (χ1) is 9.60. The fourth-order valence-electron chi connectivity index (χ4n) is 1.55. The Labute approximate surface area is 115 Å². The zero-order chi connectivity index (χ0) is 14.5. The average Bonchev–Trinajstić information content (AvgIpc) is 3.20. The van der Waals surface area contributed by atoms with Crippen LogP contribution in [0.4, 0.5) is 17.5 Å². The molecule has 0 saturated heterocycles. The molecule has 0 unspecified atom stereocenters. The second-order valence-electron chi connectivity index (χ2n) is 4.41. The second-order valence-corrected chi connectivity index (χ2v) is 4.41. The molecule has 1 heterocycles. The number of carbonyl (C=O) groups excluding carboxylic acids is 1. The van der Waals surface area contributed by atoms with E-state index in [2.05, 4.69) is 25.9 Å². The van der Waals surface area contributed by atoms with Crippen molar-refractivity contribution in [3.05, 3.63) is 16.3 Å². The third kappa shape index (κ3) is 3.77. The fourth-order valence-corrected chi connectivity index (χ4v) is 1.55. The number of aromatic nitrogens is 2. The van der Waals surface area contributed by atoms with Crippen molar-refractivity contribution in [2.24, 2.45) is 0 Å². The number of amides is 1. The minimum absolute atomic E-state index is 0.0342. The molecule has 1 aromatic heterocycles. The predicted octanol–water partition coefficient (Wildman–Crippen LogP) is 0.507. The van der Waals surface area contributed by atoms with Crippen LogP contribution in [0.25, 0.3) is 0 Å². The molecular weight excluding hydrogens is 264 g/mol. The minimum Gasteiger partial charge on any atom is -0.355 e. The van der Waals surface area contributed by atoms with Crippen LogP contribution in [0.5, 0.6) is 0 Å². The second kappa shape index (κ2) is 6.13. The van der Waals surface area contributed by atoms with E-state index in [0.717, 1.165) is 19.0 Å². The highest BCUT2D eigenvalue weighted by molar-refractivity contribution is 5.81. The normalized spacial score (nSPS) is 13.7. The summed E-state index contributed by atoms with van der Waals surface area (Å²) in [6, 6.07) is 0.252. The minimum atomic E-state index is -0.586. The van der Waals surface area contributed by atoms with Crippen molar-refractivity contribution in [3.63, 3.8) is 0 Å². The van der Waals surface area contributed by atoms with E-state index in [1.165, 1.54) is 0 Å². The van der Waals surface area contributed by atoms with Crippen LogP contribution in [0, 0.1) is 10.1 Å². The van der Waals surface area contributed by atoms with Crippen LogP contribution >= 0.6 is 0 Å². The van der Waals surface area contributed by atoms with E-state index in [4.69, 9.17) is 0 Å². The van der Waals surface area contributed by atoms with Gasteiger partial charge in [0, 0.05) is 12.6 Å². The average molecular weight is 280 g/mol. The summed E-state index contributed by atoms with van der Waals surface area (Å²) in [5.41, 5.74) is -0.258. The van der Waals surface area contributed by atoms with Gasteiger partial charge in [0.15, 0.2) is 0 Å². The van der Waals surface area contributed by atoms with Gasteiger partial charge in [0.2, 0.25) is 17.7 Å². The summed E-state index contributed by atoms with van der Waals surface area (Å²) in [5, 5.41) is 19.2. The molecule has 20 heavy (non-hydrogen) atoms. The molecule has 0 aliphatic heterocycles. The molecule has 0 atom stereocenters. The highest BCUT2D eigenvalue weighted by Gasteiger charge is 2.24. The summed E-state index contributed by atoms with van der Waals surface area (Å²) in [7, 11) is 0. The van der Waals surface area contributed by atoms with E-state index in [1.54, 1.807) is 0 Å². The lowest BCUT2D eigenvalue weighted by Gasteiger charge is -2.08. The van der Waals surface area contributed by atoms with Gasteiger partial charge in [-0.15, -0.1) is 0 Å². The topological polar surface area (TPSA) is 122 Å². The van der Waals surface area contributed by atoms with Gasteiger partial charge in [0.25, 0.3) is 0 Å². The molecule has 0 aromatic carbocycles. The summed E-state index contributed by atoms with van der Waals surface area (Å²) in [4.78, 5) is 29.7. The van der Waals surface area contributed by atoms with E-state index < -0.39 is 4.92 Å². The Morgan fingerprint density at radius 1 is 1.50 bits per heavy atom. The van der Waals surface area contributed by atoms with Gasteiger partial charge in [0.1, 0.15) is 6.20 Å². The predicted molar refractivity (Wildman–Crippen MR) is 72.5 cm³/mol. The van der Waals surface area contributed by atoms with Gasteiger partial charge in [-0.1, -0.05) is 0 Å². The molecule has 108 valence electrons. The first-order valence-electron chi connectivity index (χ1n) is 6.38. The van der Waals surface area contributed by atoms with Crippen LogP contribution in [0.1, 0.15) is 19.8 Å². The van der Waals surface area contributed by atoms with Crippen molar-refractivity contribution >= 4 is 23.4 Å². The lowest BCUT2D eigenvalue weighted by molar-refractivity contribution is -0.384. The molecule has 9 heteroatoms. The SMILES string of the molecule is CCNc1ncc([N+](=O)[O-])c(NCC(=O)NC2CC2)n1. The van der Waals surface area contributed by atoms with Crippen LogP contribution in [0.3, 0.4) is 0 Å². The molecule has 1 amide bonds. The molecular formula is C11H16N6O3. The van der Waals surface area contributed by atoms with E-state index in [-0.39, 0.29) is 35.9 Å². The summed E-state index contributed by atoms with van der Waals surface area (Å²) in [6.07, 6.45) is 3.10. The van der Waals surface area contributed by atoms with Crippen LogP contribution in [0.2, 0.25) is 0 Å². The summed E-state index contributed by atoms with van der Waals surface area (Å²) >= 11 is 0. The maximum atomic E-state index is 11.6. The lowest BCUT2D eigenvalue weighted by atomic mass is 10.4. The highest BCUT2D eigenvalue weighted by atomic mass is 16.6. The van der Waals surface area contributed by atoms with E-state index in [1.807, 2.05) is 6.92 Å². The molecule has 1 aliphatic rings. The number of carbonyl (C=O) groups is 1. The molecule has 2 rings (SSSR count). The first-order valence-corrected chi connectivity index (χ1v) is 6.38. The molecule has 0 bridgehead atoms. The van der Waals surface area contributed by atoms with Crippen molar-refractivity contribution in [1.29, 1.82) is 0 Å². The molecule has 1 aliphatic carbocycles. The molecule has 1 fully saturated rings. The smallest absolute Gasteiger partial charge is 0.329 e. The maximum absolute atomic E-state index is 11.6. The molecule has 0 radical (unpaired) electrons. The molecule has 3 N–H and O–H groups in total. The molecule has 9 nitrogen and oxygen atoms in total. The summed E-state index contributed by atoms with van der Waals surface area (Å²) < 4.78 is 0. The van der Waals surface area contributed by atoms with Crippen molar-refractivity contribution in [2.45, 2.75) is 25.8 Å². The lowest BCUT2D eigenvalue weighted by Crippen LogP contribution is -2.31. The summed E-state index contributed by atoms with van der Waals surface area (Å²) in [6.45, 7) is 2.40. The monoisotopic (exact) mass is 280 g/mol. The quantitative estimate of drug-likeness (QED) is 0.491. The number of nitro groups is 1. The molecule has 1 aromatic rings. The fraction of sp³-hybridized carbons (Fsp3) is 0.545. The number of anilines is 2. The number of hydrogen-bond donors (Lipinski definition) is 3. The van der Waals surface area contributed by atoms with E-state index in [0.29, 0.717) is 6.54 Å². The highest BCUT2D eigenvalue weighted by Crippen LogP contribution is 2.22. The van der Waals surface area contributed by atoms with Crippen LogP contribution in [-0.2, 0) is 4.79 Å². The Balaban J connectivity index is 2.03. The maximum Gasteiger partial charge on any atom is 0.329 e. The van der Waals surface area contributed by atoms with Crippen molar-refractivity contribution in [1.82, 2.24) is 15.3 Å². The zero-order valence-electron chi connectivity index (χ0n) is 11.0. The van der Waals surface area contributed by atoms with Gasteiger partial charge in [-0.3, -0.25) is 14.9 Å². The van der Waals surface area contributed by atoms with Gasteiger partial charge in [-0.2, -0.15) is 4.98 Å². The van der Waals surface area contributed by atoms with Gasteiger partial charge >= 0.3 is 5.69 Å². The van der Waals surface area contributed by atoms with Crippen LogP contribution < -0.4 is 16.0 Å². The van der Waals surface area contributed by atoms with Crippen LogP contribution in [-0.4, -0.2) is 39.9 Å². The zero-order valence-corrected chi connectivity index (χ0v) is 11.0. The molecule has 0 spiro atoms. The van der Waals surface area contributed by atoms with Crippen molar-refractivity contribution < 1.29 is 9.72 Å². The van der Waals surface area contributed by atoms with Crippen molar-refractivity contribution in [2.75, 3.05) is 23.7 Å². The van der Waals surface area contributed by atoms with Gasteiger partial charge < -0.3 is 16.0 Å². The van der Waals surface area contributed by atoms with Gasteiger partial charge in [0.05, 0.1) is 11.5 Å². The third-order valence-electron chi connectivity index (χ3n) is 2.66. The molecule has 1 saturated carbocycles. The van der Waals surface area contributed by atoms with E-state index >= 15 is 0 Å².